The molecule has 0 aliphatic carbocycles. The third-order valence-corrected chi connectivity index (χ3v) is 5.41. The number of benzene rings is 2. The van der Waals surface area contributed by atoms with Crippen LogP contribution in [0.5, 0.6) is 0 Å². The lowest BCUT2D eigenvalue weighted by Gasteiger charge is -2.28. The first-order valence-corrected chi connectivity index (χ1v) is 10.3. The molecule has 1 N–H and O–H groups in total. The van der Waals surface area contributed by atoms with Crippen LogP contribution in [-0.2, 0) is 27.4 Å². The molecule has 2 rings (SSSR count). The Morgan fingerprint density at radius 3 is 2.04 bits per heavy atom. The largest absolute Gasteiger partial charge is 0.416 e. The Hall–Kier alpha value is -2.55. The number of halogens is 3. The van der Waals surface area contributed by atoms with Crippen molar-refractivity contribution in [1.82, 2.24) is 0 Å². The molecule has 0 aliphatic rings. The van der Waals surface area contributed by atoms with Crippen LogP contribution in [0, 0.1) is 0 Å². The summed E-state index contributed by atoms with van der Waals surface area (Å²) < 4.78 is 63.4. The van der Waals surface area contributed by atoms with Crippen molar-refractivity contribution < 1.29 is 26.4 Å². The molecule has 152 valence electrons. The van der Waals surface area contributed by atoms with E-state index in [1.54, 1.807) is 24.3 Å². The van der Waals surface area contributed by atoms with Crippen molar-refractivity contribution >= 4 is 27.3 Å². The first-order valence-electron chi connectivity index (χ1n) is 8.50. The van der Waals surface area contributed by atoms with E-state index in [1.165, 1.54) is 6.92 Å². The number of anilines is 2. The maximum absolute atomic E-state index is 12.6. The van der Waals surface area contributed by atoms with Crippen molar-refractivity contribution in [2.45, 2.75) is 32.5 Å². The minimum absolute atomic E-state index is 0.139. The minimum atomic E-state index is -4.48. The van der Waals surface area contributed by atoms with Gasteiger partial charge in [0, 0.05) is 5.69 Å². The highest BCUT2D eigenvalue weighted by Crippen LogP contribution is 2.30. The quantitative estimate of drug-likeness (QED) is 0.775. The summed E-state index contributed by atoms with van der Waals surface area (Å²) in [5.74, 6) is -0.662. The average Bonchev–Trinajstić information content (AvgIpc) is 2.61. The standard InChI is InChI=1S/C19H21F3N2O3S/c1-4-14-5-11-17(12-6-14)24(28(3,26)27)13(2)18(25)23-16-9-7-15(8-10-16)19(20,21)22/h5-13H,4H2,1-3H3,(H,23,25). The van der Waals surface area contributed by atoms with Crippen LogP contribution in [-0.4, -0.2) is 26.6 Å². The molecule has 1 atom stereocenters. The Labute approximate surface area is 162 Å². The Kier molecular flexibility index (Phi) is 6.38. The van der Waals surface area contributed by atoms with Gasteiger partial charge in [-0.25, -0.2) is 8.42 Å². The molecule has 0 aromatic heterocycles. The number of hydrogen-bond donors (Lipinski definition) is 1. The predicted octanol–water partition coefficient (Wildman–Crippen LogP) is 4.06. The zero-order valence-electron chi connectivity index (χ0n) is 15.6. The lowest BCUT2D eigenvalue weighted by Crippen LogP contribution is -2.45. The van der Waals surface area contributed by atoms with Gasteiger partial charge in [-0.1, -0.05) is 19.1 Å². The van der Waals surface area contributed by atoms with Gasteiger partial charge in [0.1, 0.15) is 6.04 Å². The molecule has 0 saturated carbocycles. The topological polar surface area (TPSA) is 66.5 Å². The molecule has 0 aliphatic heterocycles. The Morgan fingerprint density at radius 1 is 1.07 bits per heavy atom. The number of carbonyl (C=O) groups excluding carboxylic acids is 1. The molecule has 2 aromatic rings. The number of nitrogens with one attached hydrogen (secondary N) is 1. The molecule has 0 radical (unpaired) electrons. The van der Waals surface area contributed by atoms with Gasteiger partial charge in [0.15, 0.2) is 0 Å². The van der Waals surface area contributed by atoms with E-state index in [2.05, 4.69) is 5.32 Å². The highest BCUT2D eigenvalue weighted by molar-refractivity contribution is 7.92. The van der Waals surface area contributed by atoms with Gasteiger partial charge in [-0.15, -0.1) is 0 Å². The maximum Gasteiger partial charge on any atom is 0.416 e. The van der Waals surface area contributed by atoms with E-state index in [-0.39, 0.29) is 5.69 Å². The second-order valence-electron chi connectivity index (χ2n) is 6.32. The summed E-state index contributed by atoms with van der Waals surface area (Å²) in [7, 11) is -3.78. The Balaban J connectivity index is 2.24. The van der Waals surface area contributed by atoms with E-state index in [4.69, 9.17) is 0 Å². The van der Waals surface area contributed by atoms with Crippen molar-refractivity contribution in [2.24, 2.45) is 0 Å². The van der Waals surface area contributed by atoms with Crippen LogP contribution in [0.15, 0.2) is 48.5 Å². The van der Waals surface area contributed by atoms with Crippen molar-refractivity contribution in [2.75, 3.05) is 15.9 Å². The van der Waals surface area contributed by atoms with Crippen LogP contribution in [0.3, 0.4) is 0 Å². The number of nitrogens with zero attached hydrogens (tertiary/aromatic N) is 1. The normalized spacial score (nSPS) is 13.1. The van der Waals surface area contributed by atoms with E-state index >= 15 is 0 Å². The second-order valence-corrected chi connectivity index (χ2v) is 8.18. The minimum Gasteiger partial charge on any atom is -0.324 e. The average molecular weight is 414 g/mol. The number of rotatable bonds is 6. The molecular weight excluding hydrogens is 393 g/mol. The number of alkyl halides is 3. The lowest BCUT2D eigenvalue weighted by molar-refractivity contribution is -0.137. The van der Waals surface area contributed by atoms with Crippen LogP contribution in [0.2, 0.25) is 0 Å². The summed E-state index contributed by atoms with van der Waals surface area (Å²) >= 11 is 0. The number of amides is 1. The summed E-state index contributed by atoms with van der Waals surface area (Å²) in [6.07, 6.45) is -2.71. The number of sulfonamides is 1. The van der Waals surface area contributed by atoms with Crippen molar-refractivity contribution in [3.63, 3.8) is 0 Å². The monoisotopic (exact) mass is 414 g/mol. The molecule has 0 saturated heterocycles. The fraction of sp³-hybridized carbons (Fsp3) is 0.316. The van der Waals surface area contributed by atoms with Crippen LogP contribution >= 0.6 is 0 Å². The fourth-order valence-corrected chi connectivity index (χ4v) is 3.85. The Morgan fingerprint density at radius 2 is 1.61 bits per heavy atom. The summed E-state index contributed by atoms with van der Waals surface area (Å²) in [5.41, 5.74) is 0.640. The van der Waals surface area contributed by atoms with Gasteiger partial charge in [0.2, 0.25) is 15.9 Å². The third-order valence-electron chi connectivity index (χ3n) is 4.17. The molecule has 0 bridgehead atoms. The van der Waals surface area contributed by atoms with Crippen molar-refractivity contribution in [1.29, 1.82) is 0 Å². The summed E-state index contributed by atoms with van der Waals surface area (Å²) in [6.45, 7) is 3.37. The highest BCUT2D eigenvalue weighted by atomic mass is 32.2. The van der Waals surface area contributed by atoms with E-state index in [0.717, 1.165) is 46.8 Å². The molecule has 0 spiro atoms. The first-order chi connectivity index (χ1) is 12.9. The van der Waals surface area contributed by atoms with Gasteiger partial charge in [0.25, 0.3) is 0 Å². The molecule has 28 heavy (non-hydrogen) atoms. The van der Waals surface area contributed by atoms with E-state index in [9.17, 15) is 26.4 Å². The van der Waals surface area contributed by atoms with E-state index < -0.39 is 33.7 Å². The lowest BCUT2D eigenvalue weighted by atomic mass is 10.1. The van der Waals surface area contributed by atoms with Crippen LogP contribution in [0.4, 0.5) is 24.5 Å². The molecule has 1 unspecified atom stereocenters. The second kappa shape index (κ2) is 8.22. The van der Waals surface area contributed by atoms with Crippen LogP contribution in [0.1, 0.15) is 25.0 Å². The van der Waals surface area contributed by atoms with E-state index in [0.29, 0.717) is 5.69 Å². The molecule has 1 amide bonds. The van der Waals surface area contributed by atoms with Crippen molar-refractivity contribution in [3.05, 3.63) is 59.7 Å². The molecule has 5 nitrogen and oxygen atoms in total. The van der Waals surface area contributed by atoms with Gasteiger partial charge >= 0.3 is 6.18 Å². The zero-order valence-corrected chi connectivity index (χ0v) is 16.4. The SMILES string of the molecule is CCc1ccc(N(C(C)C(=O)Nc2ccc(C(F)(F)F)cc2)S(C)(=O)=O)cc1. The summed E-state index contributed by atoms with van der Waals surface area (Å²) in [5, 5.41) is 2.45. The van der Waals surface area contributed by atoms with E-state index in [1.807, 2.05) is 6.92 Å². The predicted molar refractivity (Wildman–Crippen MR) is 103 cm³/mol. The molecular formula is C19H21F3N2O3S. The molecule has 0 heterocycles. The van der Waals surface area contributed by atoms with Crippen molar-refractivity contribution in [3.8, 4) is 0 Å². The number of hydrogen-bond acceptors (Lipinski definition) is 3. The summed E-state index contributed by atoms with van der Waals surface area (Å²) in [4.78, 5) is 12.5. The smallest absolute Gasteiger partial charge is 0.324 e. The maximum atomic E-state index is 12.6. The fourth-order valence-electron chi connectivity index (χ4n) is 2.68. The van der Waals surface area contributed by atoms with Gasteiger partial charge in [-0.3, -0.25) is 9.10 Å². The highest BCUT2D eigenvalue weighted by Gasteiger charge is 2.31. The van der Waals surface area contributed by atoms with Gasteiger partial charge in [-0.2, -0.15) is 13.2 Å². The van der Waals surface area contributed by atoms with Gasteiger partial charge in [0.05, 0.1) is 17.5 Å². The number of aryl methyl sites for hydroxylation is 1. The number of carbonyl (C=O) groups is 1. The van der Waals surface area contributed by atoms with Crippen LogP contribution < -0.4 is 9.62 Å². The zero-order chi connectivity index (χ0) is 21.1. The third kappa shape index (κ3) is 5.25. The molecule has 2 aromatic carbocycles. The summed E-state index contributed by atoms with van der Waals surface area (Å²) in [6, 6.07) is 9.59. The molecule has 9 heteroatoms. The Bertz CT molecular complexity index is 924. The van der Waals surface area contributed by atoms with Gasteiger partial charge < -0.3 is 5.32 Å². The molecule has 0 fully saturated rings. The van der Waals surface area contributed by atoms with Gasteiger partial charge in [-0.05, 0) is 55.3 Å². The first kappa shape index (κ1) is 21.7. The van der Waals surface area contributed by atoms with Crippen LogP contribution in [0.25, 0.3) is 0 Å².